The molecule has 0 saturated carbocycles. The maximum atomic E-state index is 12.6. The van der Waals surface area contributed by atoms with E-state index in [0.717, 1.165) is 19.4 Å². The van der Waals surface area contributed by atoms with Crippen molar-refractivity contribution in [2.75, 3.05) is 26.7 Å². The fourth-order valence-corrected chi connectivity index (χ4v) is 3.28. The first-order valence-electron chi connectivity index (χ1n) is 7.46. The summed E-state index contributed by atoms with van der Waals surface area (Å²) in [6.45, 7) is 6.31. The van der Waals surface area contributed by atoms with Crippen LogP contribution >= 0.6 is 0 Å². The van der Waals surface area contributed by atoms with E-state index in [1.165, 1.54) is 4.90 Å². The molecule has 3 atom stereocenters. The minimum Gasteiger partial charge on any atom is -0.465 e. The van der Waals surface area contributed by atoms with E-state index in [0.29, 0.717) is 25.6 Å². The number of carbonyl (C=O) groups excluding carboxylic acids is 1. The summed E-state index contributed by atoms with van der Waals surface area (Å²) in [5.41, 5.74) is 0. The third-order valence-electron chi connectivity index (χ3n) is 4.75. The second kappa shape index (κ2) is 5.99. The van der Waals surface area contributed by atoms with Crippen molar-refractivity contribution < 1.29 is 14.7 Å². The Morgan fingerprint density at radius 2 is 1.95 bits per heavy atom. The molecule has 2 heterocycles. The van der Waals surface area contributed by atoms with Crippen LogP contribution in [0.15, 0.2) is 0 Å². The Bertz CT molecular complexity index is 388. The minimum absolute atomic E-state index is 0.00802. The standard InChI is InChI=1S/C14H25N3O3/c1-4-11-5-6-12(17(11)14(19)20)13(18)16-8-7-15(3)10(2)9-16/h10-12H,4-9H2,1-3H3,(H,19,20)/t10-,11-,12+/m1/s1. The molecule has 20 heavy (non-hydrogen) atoms. The maximum absolute atomic E-state index is 12.6. The average Bonchev–Trinajstić information content (AvgIpc) is 2.85. The Labute approximate surface area is 120 Å². The van der Waals surface area contributed by atoms with Crippen LogP contribution in [0.3, 0.4) is 0 Å². The maximum Gasteiger partial charge on any atom is 0.408 e. The van der Waals surface area contributed by atoms with Crippen molar-refractivity contribution in [1.82, 2.24) is 14.7 Å². The van der Waals surface area contributed by atoms with Gasteiger partial charge in [0.05, 0.1) is 0 Å². The van der Waals surface area contributed by atoms with E-state index in [1.807, 2.05) is 11.8 Å². The van der Waals surface area contributed by atoms with Crippen LogP contribution in [-0.4, -0.2) is 76.6 Å². The van der Waals surface area contributed by atoms with E-state index in [9.17, 15) is 14.7 Å². The van der Waals surface area contributed by atoms with Gasteiger partial charge in [0.2, 0.25) is 5.91 Å². The summed E-state index contributed by atoms with van der Waals surface area (Å²) in [6, 6.07) is -0.159. The zero-order chi connectivity index (χ0) is 14.9. The van der Waals surface area contributed by atoms with Gasteiger partial charge in [-0.1, -0.05) is 6.92 Å². The Hall–Kier alpha value is -1.30. The molecule has 2 aliphatic rings. The van der Waals surface area contributed by atoms with Crippen LogP contribution in [0.5, 0.6) is 0 Å². The summed E-state index contributed by atoms with van der Waals surface area (Å²) in [6.07, 6.45) is 1.26. The molecular weight excluding hydrogens is 258 g/mol. The smallest absolute Gasteiger partial charge is 0.408 e. The van der Waals surface area contributed by atoms with Crippen molar-refractivity contribution in [3.05, 3.63) is 0 Å². The Kier molecular flexibility index (Phi) is 4.52. The third-order valence-corrected chi connectivity index (χ3v) is 4.75. The van der Waals surface area contributed by atoms with Gasteiger partial charge < -0.3 is 14.9 Å². The van der Waals surface area contributed by atoms with Gasteiger partial charge in [-0.2, -0.15) is 0 Å². The number of hydrogen-bond donors (Lipinski definition) is 1. The molecule has 0 radical (unpaired) electrons. The summed E-state index contributed by atoms with van der Waals surface area (Å²) in [4.78, 5) is 29.5. The van der Waals surface area contributed by atoms with E-state index in [2.05, 4.69) is 18.9 Å². The van der Waals surface area contributed by atoms with Gasteiger partial charge in [-0.25, -0.2) is 4.79 Å². The summed E-state index contributed by atoms with van der Waals surface area (Å²) in [5, 5.41) is 9.37. The van der Waals surface area contributed by atoms with Crippen LogP contribution in [-0.2, 0) is 4.79 Å². The molecule has 1 N–H and O–H groups in total. The second-order valence-corrected chi connectivity index (χ2v) is 5.96. The number of rotatable bonds is 2. The third kappa shape index (κ3) is 2.75. The highest BCUT2D eigenvalue weighted by atomic mass is 16.4. The minimum atomic E-state index is -0.963. The lowest BCUT2D eigenvalue weighted by atomic mass is 10.1. The first-order chi connectivity index (χ1) is 9.45. The van der Waals surface area contributed by atoms with Crippen molar-refractivity contribution in [1.29, 1.82) is 0 Å². The van der Waals surface area contributed by atoms with E-state index >= 15 is 0 Å². The number of piperazine rings is 1. The molecule has 2 fully saturated rings. The highest BCUT2D eigenvalue weighted by Crippen LogP contribution is 2.28. The lowest BCUT2D eigenvalue weighted by Gasteiger charge is -2.39. The molecule has 0 spiro atoms. The van der Waals surface area contributed by atoms with Crippen LogP contribution in [0, 0.1) is 0 Å². The molecule has 2 rings (SSSR count). The number of hydrogen-bond acceptors (Lipinski definition) is 3. The molecule has 114 valence electrons. The molecule has 2 aliphatic heterocycles. The first kappa shape index (κ1) is 15.1. The van der Waals surface area contributed by atoms with Crippen LogP contribution in [0.2, 0.25) is 0 Å². The van der Waals surface area contributed by atoms with E-state index < -0.39 is 12.1 Å². The molecule has 6 heteroatoms. The summed E-state index contributed by atoms with van der Waals surface area (Å²) in [7, 11) is 2.05. The number of carboxylic acid groups (broad SMARTS) is 1. The van der Waals surface area contributed by atoms with E-state index in [-0.39, 0.29) is 11.9 Å². The van der Waals surface area contributed by atoms with Crippen molar-refractivity contribution >= 4 is 12.0 Å². The SMILES string of the molecule is CC[C@@H]1CC[C@@H](C(=O)N2CCN(C)[C@H](C)C2)N1C(=O)O. The summed E-state index contributed by atoms with van der Waals surface area (Å²) in [5.74, 6) is -0.0108. The van der Waals surface area contributed by atoms with Gasteiger partial charge in [-0.05, 0) is 33.2 Å². The quantitative estimate of drug-likeness (QED) is 0.823. The van der Waals surface area contributed by atoms with E-state index in [1.54, 1.807) is 0 Å². The monoisotopic (exact) mass is 283 g/mol. The van der Waals surface area contributed by atoms with Crippen molar-refractivity contribution in [2.24, 2.45) is 0 Å². The first-order valence-corrected chi connectivity index (χ1v) is 7.46. The predicted octanol–water partition coefficient (Wildman–Crippen LogP) is 1.07. The zero-order valence-electron chi connectivity index (χ0n) is 12.6. The number of likely N-dealkylation sites (N-methyl/N-ethyl adjacent to an activating group) is 1. The summed E-state index contributed by atoms with van der Waals surface area (Å²) >= 11 is 0. The number of amides is 2. The van der Waals surface area contributed by atoms with Gasteiger partial charge in [-0.3, -0.25) is 9.69 Å². The lowest BCUT2D eigenvalue weighted by molar-refractivity contribution is -0.138. The van der Waals surface area contributed by atoms with Gasteiger partial charge in [0.1, 0.15) is 6.04 Å². The molecule has 6 nitrogen and oxygen atoms in total. The van der Waals surface area contributed by atoms with E-state index in [4.69, 9.17) is 0 Å². The molecule has 2 saturated heterocycles. The van der Waals surface area contributed by atoms with Gasteiger partial charge >= 0.3 is 6.09 Å². The molecular formula is C14H25N3O3. The number of carbonyl (C=O) groups is 2. The predicted molar refractivity (Wildman–Crippen MR) is 75.6 cm³/mol. The second-order valence-electron chi connectivity index (χ2n) is 5.96. The fourth-order valence-electron chi connectivity index (χ4n) is 3.28. The lowest BCUT2D eigenvalue weighted by Crippen LogP contribution is -2.57. The molecule has 0 unspecified atom stereocenters. The van der Waals surface area contributed by atoms with Crippen molar-refractivity contribution in [2.45, 2.75) is 51.2 Å². The topological polar surface area (TPSA) is 64.1 Å². The Morgan fingerprint density at radius 1 is 1.25 bits per heavy atom. The fraction of sp³-hybridized carbons (Fsp3) is 0.857. The number of likely N-dealkylation sites (tertiary alicyclic amines) is 1. The normalized spacial score (nSPS) is 31.6. The highest BCUT2D eigenvalue weighted by molar-refractivity contribution is 5.86. The van der Waals surface area contributed by atoms with Gasteiger partial charge in [0, 0.05) is 31.7 Å². The van der Waals surface area contributed by atoms with Gasteiger partial charge in [0.25, 0.3) is 0 Å². The molecule has 0 aromatic heterocycles. The van der Waals surface area contributed by atoms with Crippen LogP contribution < -0.4 is 0 Å². The van der Waals surface area contributed by atoms with Gasteiger partial charge in [-0.15, -0.1) is 0 Å². The zero-order valence-corrected chi connectivity index (χ0v) is 12.6. The molecule has 0 aromatic carbocycles. The number of nitrogens with zero attached hydrogens (tertiary/aromatic N) is 3. The molecule has 2 amide bonds. The average molecular weight is 283 g/mol. The summed E-state index contributed by atoms with van der Waals surface area (Å²) < 4.78 is 0. The highest BCUT2D eigenvalue weighted by Gasteiger charge is 2.42. The van der Waals surface area contributed by atoms with Crippen LogP contribution in [0.25, 0.3) is 0 Å². The van der Waals surface area contributed by atoms with Gasteiger partial charge in [0.15, 0.2) is 0 Å². The largest absolute Gasteiger partial charge is 0.465 e. The van der Waals surface area contributed by atoms with Crippen LogP contribution in [0.1, 0.15) is 33.1 Å². The van der Waals surface area contributed by atoms with Crippen LogP contribution in [0.4, 0.5) is 4.79 Å². The molecule has 0 aromatic rings. The molecule has 0 aliphatic carbocycles. The Morgan fingerprint density at radius 3 is 2.50 bits per heavy atom. The Balaban J connectivity index is 2.07. The van der Waals surface area contributed by atoms with Crippen molar-refractivity contribution in [3.8, 4) is 0 Å². The van der Waals surface area contributed by atoms with Crippen molar-refractivity contribution in [3.63, 3.8) is 0 Å². The molecule has 0 bridgehead atoms.